The monoisotopic (exact) mass is 321 g/mol. The first-order valence-electron chi connectivity index (χ1n) is 9.14. The second kappa shape index (κ2) is 7.21. The minimum Gasteiger partial charge on any atom is -0.338 e. The van der Waals surface area contributed by atoms with Gasteiger partial charge in [0.05, 0.1) is 0 Å². The highest BCUT2D eigenvalue weighted by Gasteiger charge is 2.45. The Bertz CT molecular complexity index is 704. The summed E-state index contributed by atoms with van der Waals surface area (Å²) in [7, 11) is 0. The summed E-state index contributed by atoms with van der Waals surface area (Å²) in [5.74, 6) is 0.985. The van der Waals surface area contributed by atoms with Crippen molar-refractivity contribution in [1.82, 2.24) is 4.90 Å². The van der Waals surface area contributed by atoms with Crippen LogP contribution in [0.3, 0.4) is 0 Å². The highest BCUT2D eigenvalue weighted by atomic mass is 16.2. The lowest BCUT2D eigenvalue weighted by Gasteiger charge is -2.29. The highest BCUT2D eigenvalue weighted by Crippen LogP contribution is 2.48. The number of amides is 1. The molecule has 1 fully saturated rings. The molecule has 1 saturated carbocycles. The molecule has 0 aromatic heterocycles. The van der Waals surface area contributed by atoms with E-state index in [4.69, 9.17) is 0 Å². The summed E-state index contributed by atoms with van der Waals surface area (Å²) in [6, 6.07) is 17.1. The SMILES string of the molecule is CC.Cc1ccc(C2CC2C(=O)N2CCc3ccccc3C2)cc1. The number of carbonyl (C=O) groups is 1. The summed E-state index contributed by atoms with van der Waals surface area (Å²) in [5, 5.41) is 0. The van der Waals surface area contributed by atoms with Crippen LogP contribution < -0.4 is 0 Å². The highest BCUT2D eigenvalue weighted by molar-refractivity contribution is 5.83. The topological polar surface area (TPSA) is 20.3 Å². The molecule has 2 aromatic carbocycles. The Morgan fingerprint density at radius 3 is 2.38 bits per heavy atom. The van der Waals surface area contributed by atoms with Gasteiger partial charge in [0.15, 0.2) is 0 Å². The molecule has 2 aliphatic rings. The maximum absolute atomic E-state index is 12.7. The summed E-state index contributed by atoms with van der Waals surface area (Å²) >= 11 is 0. The van der Waals surface area contributed by atoms with Crippen molar-refractivity contribution in [3.8, 4) is 0 Å². The molecule has 0 spiro atoms. The van der Waals surface area contributed by atoms with Gasteiger partial charge in [-0.05, 0) is 42.4 Å². The number of rotatable bonds is 2. The van der Waals surface area contributed by atoms with Crippen LogP contribution in [0, 0.1) is 12.8 Å². The summed E-state index contributed by atoms with van der Waals surface area (Å²) in [6.45, 7) is 7.75. The molecule has 1 aliphatic carbocycles. The number of aryl methyl sites for hydroxylation is 1. The third-order valence-electron chi connectivity index (χ3n) is 5.06. The van der Waals surface area contributed by atoms with E-state index in [1.54, 1.807) is 0 Å². The molecule has 1 heterocycles. The maximum atomic E-state index is 12.7. The molecule has 0 N–H and O–H groups in total. The normalized spacial score (nSPS) is 21.4. The molecule has 126 valence electrons. The van der Waals surface area contributed by atoms with E-state index in [1.807, 2.05) is 13.8 Å². The number of hydrogen-bond acceptors (Lipinski definition) is 1. The van der Waals surface area contributed by atoms with Gasteiger partial charge >= 0.3 is 0 Å². The van der Waals surface area contributed by atoms with Gasteiger partial charge in [0.1, 0.15) is 0 Å². The van der Waals surface area contributed by atoms with E-state index in [-0.39, 0.29) is 5.92 Å². The van der Waals surface area contributed by atoms with E-state index < -0.39 is 0 Å². The van der Waals surface area contributed by atoms with Crippen LogP contribution in [0.2, 0.25) is 0 Å². The molecule has 2 atom stereocenters. The van der Waals surface area contributed by atoms with Crippen LogP contribution in [0.4, 0.5) is 0 Å². The van der Waals surface area contributed by atoms with Gasteiger partial charge < -0.3 is 4.90 Å². The molecule has 2 unspecified atom stereocenters. The second-order valence-electron chi connectivity index (χ2n) is 6.64. The van der Waals surface area contributed by atoms with E-state index in [1.165, 1.54) is 22.3 Å². The first-order valence-corrected chi connectivity index (χ1v) is 9.14. The summed E-state index contributed by atoms with van der Waals surface area (Å²) in [4.78, 5) is 14.8. The van der Waals surface area contributed by atoms with E-state index in [9.17, 15) is 4.79 Å². The predicted octanol–water partition coefficient (Wildman–Crippen LogP) is 4.71. The lowest BCUT2D eigenvalue weighted by molar-refractivity contribution is -0.133. The number of benzene rings is 2. The van der Waals surface area contributed by atoms with Crippen molar-refractivity contribution in [2.24, 2.45) is 5.92 Å². The smallest absolute Gasteiger partial charge is 0.226 e. The molecule has 24 heavy (non-hydrogen) atoms. The number of nitrogens with zero attached hydrogens (tertiary/aromatic N) is 1. The van der Waals surface area contributed by atoms with E-state index in [2.05, 4.69) is 60.4 Å². The lowest BCUT2D eigenvalue weighted by atomic mass is 9.99. The summed E-state index contributed by atoms with van der Waals surface area (Å²) < 4.78 is 0. The Labute approximate surface area is 145 Å². The van der Waals surface area contributed by atoms with Crippen molar-refractivity contribution in [2.45, 2.75) is 46.1 Å². The Balaban J connectivity index is 0.000000815. The maximum Gasteiger partial charge on any atom is 0.226 e. The summed E-state index contributed by atoms with van der Waals surface area (Å²) in [6.07, 6.45) is 2.00. The quantitative estimate of drug-likeness (QED) is 0.784. The van der Waals surface area contributed by atoms with Crippen molar-refractivity contribution in [3.63, 3.8) is 0 Å². The molecule has 1 amide bonds. The molecule has 1 aliphatic heterocycles. The van der Waals surface area contributed by atoms with Crippen molar-refractivity contribution in [3.05, 3.63) is 70.8 Å². The average molecular weight is 321 g/mol. The van der Waals surface area contributed by atoms with Crippen LogP contribution in [0.15, 0.2) is 48.5 Å². The average Bonchev–Trinajstić information content (AvgIpc) is 3.44. The van der Waals surface area contributed by atoms with Gasteiger partial charge in [-0.1, -0.05) is 67.9 Å². The van der Waals surface area contributed by atoms with Gasteiger partial charge in [-0.2, -0.15) is 0 Å². The Hall–Kier alpha value is -2.09. The van der Waals surface area contributed by atoms with Crippen LogP contribution >= 0.6 is 0 Å². The Morgan fingerprint density at radius 1 is 1.00 bits per heavy atom. The fourth-order valence-corrected chi connectivity index (χ4v) is 3.57. The molecule has 2 aromatic rings. The van der Waals surface area contributed by atoms with E-state index in [0.717, 1.165) is 25.9 Å². The molecule has 0 radical (unpaired) electrons. The zero-order valence-corrected chi connectivity index (χ0v) is 15.0. The zero-order chi connectivity index (χ0) is 17.1. The Kier molecular flexibility index (Phi) is 5.03. The van der Waals surface area contributed by atoms with Crippen molar-refractivity contribution < 1.29 is 4.79 Å². The largest absolute Gasteiger partial charge is 0.338 e. The lowest BCUT2D eigenvalue weighted by Crippen LogP contribution is -2.37. The molecular formula is C22H27NO. The van der Waals surface area contributed by atoms with Gasteiger partial charge in [0.25, 0.3) is 0 Å². The third-order valence-corrected chi connectivity index (χ3v) is 5.06. The fraction of sp³-hybridized carbons (Fsp3) is 0.409. The number of carbonyl (C=O) groups excluding carboxylic acids is 1. The van der Waals surface area contributed by atoms with Crippen LogP contribution in [0.5, 0.6) is 0 Å². The predicted molar refractivity (Wildman–Crippen MR) is 98.9 cm³/mol. The fourth-order valence-electron chi connectivity index (χ4n) is 3.57. The Morgan fingerprint density at radius 2 is 1.67 bits per heavy atom. The minimum absolute atomic E-state index is 0.202. The van der Waals surface area contributed by atoms with Crippen molar-refractivity contribution in [1.29, 1.82) is 0 Å². The van der Waals surface area contributed by atoms with Crippen molar-refractivity contribution >= 4 is 5.91 Å². The standard InChI is InChI=1S/C20H21NO.C2H6/c1-14-6-8-16(9-7-14)18-12-19(18)20(22)21-11-10-15-4-2-3-5-17(15)13-21;1-2/h2-9,18-19H,10-13H2,1H3;1-2H3. The van der Waals surface area contributed by atoms with Crippen molar-refractivity contribution in [2.75, 3.05) is 6.54 Å². The molecule has 2 heteroatoms. The van der Waals surface area contributed by atoms with E-state index >= 15 is 0 Å². The van der Waals surface area contributed by atoms with Gasteiger partial charge in [-0.15, -0.1) is 0 Å². The first-order chi connectivity index (χ1) is 11.7. The number of hydrogen-bond donors (Lipinski definition) is 0. The van der Waals surface area contributed by atoms with Crippen LogP contribution in [0.25, 0.3) is 0 Å². The molecular weight excluding hydrogens is 294 g/mol. The summed E-state index contributed by atoms with van der Waals surface area (Å²) in [5.41, 5.74) is 5.31. The zero-order valence-electron chi connectivity index (χ0n) is 15.0. The molecule has 4 rings (SSSR count). The van der Waals surface area contributed by atoms with Crippen LogP contribution in [0.1, 0.15) is 48.4 Å². The van der Waals surface area contributed by atoms with Crippen LogP contribution in [-0.4, -0.2) is 17.4 Å². The first kappa shape index (κ1) is 16.8. The molecule has 0 saturated heterocycles. The minimum atomic E-state index is 0.202. The van der Waals surface area contributed by atoms with Crippen LogP contribution in [-0.2, 0) is 17.8 Å². The van der Waals surface area contributed by atoms with Gasteiger partial charge in [-0.3, -0.25) is 4.79 Å². The van der Waals surface area contributed by atoms with E-state index in [0.29, 0.717) is 11.8 Å². The molecule has 0 bridgehead atoms. The number of fused-ring (bicyclic) bond motifs is 1. The van der Waals surface area contributed by atoms with Gasteiger partial charge in [0, 0.05) is 19.0 Å². The van der Waals surface area contributed by atoms with Gasteiger partial charge in [-0.25, -0.2) is 0 Å². The van der Waals surface area contributed by atoms with Gasteiger partial charge in [0.2, 0.25) is 5.91 Å². The molecule has 2 nitrogen and oxygen atoms in total. The second-order valence-corrected chi connectivity index (χ2v) is 6.64. The third kappa shape index (κ3) is 3.38.